The van der Waals surface area contributed by atoms with Gasteiger partial charge in [-0.3, -0.25) is 14.5 Å². The number of rotatable bonds is 4. The van der Waals surface area contributed by atoms with Crippen LogP contribution in [0.1, 0.15) is 56.1 Å². The largest absolute Gasteiger partial charge is 0.353 e. The Hall–Kier alpha value is -2.67. The Bertz CT molecular complexity index is 944. The summed E-state index contributed by atoms with van der Waals surface area (Å²) < 4.78 is 1.89. The van der Waals surface area contributed by atoms with Crippen molar-refractivity contribution in [3.8, 4) is 5.69 Å². The van der Waals surface area contributed by atoms with Gasteiger partial charge in [-0.1, -0.05) is 18.2 Å². The van der Waals surface area contributed by atoms with Gasteiger partial charge in [0.1, 0.15) is 6.04 Å². The Kier molecular flexibility index (Phi) is 6.14. The minimum atomic E-state index is -0.509. The van der Waals surface area contributed by atoms with Crippen molar-refractivity contribution in [2.45, 2.75) is 65.1 Å². The van der Waals surface area contributed by atoms with E-state index in [1.807, 2.05) is 58.7 Å². The lowest BCUT2D eigenvalue weighted by Gasteiger charge is -2.42. The van der Waals surface area contributed by atoms with E-state index < -0.39 is 6.04 Å². The minimum absolute atomic E-state index is 0.0578. The average molecular weight is 424 g/mol. The fourth-order valence-electron chi connectivity index (χ4n) is 5.24. The molecule has 7 heteroatoms. The summed E-state index contributed by atoms with van der Waals surface area (Å²) in [6.07, 6.45) is 3.25. The first-order valence-electron chi connectivity index (χ1n) is 11.3. The highest BCUT2D eigenvalue weighted by Gasteiger charge is 2.38. The number of hydrogen-bond acceptors (Lipinski definition) is 4. The zero-order chi connectivity index (χ0) is 22.1. The number of aryl methyl sites for hydroxylation is 1. The molecule has 1 aromatic carbocycles. The molecule has 31 heavy (non-hydrogen) atoms. The van der Waals surface area contributed by atoms with Crippen LogP contribution in [0.3, 0.4) is 0 Å². The summed E-state index contributed by atoms with van der Waals surface area (Å²) in [5.74, 6) is 0.0581. The van der Waals surface area contributed by atoms with Crippen LogP contribution < -0.4 is 5.32 Å². The van der Waals surface area contributed by atoms with Crippen LogP contribution in [0.15, 0.2) is 30.3 Å². The first-order chi connectivity index (χ1) is 14.9. The maximum Gasteiger partial charge on any atom is 0.242 e. The molecule has 0 unspecified atom stereocenters. The predicted octanol–water partition coefficient (Wildman–Crippen LogP) is 2.75. The third-order valence-corrected chi connectivity index (χ3v) is 6.75. The van der Waals surface area contributed by atoms with Crippen LogP contribution in [0, 0.1) is 13.8 Å². The van der Waals surface area contributed by atoms with Crippen LogP contribution in [-0.2, 0) is 9.59 Å². The van der Waals surface area contributed by atoms with E-state index >= 15 is 0 Å². The van der Waals surface area contributed by atoms with E-state index in [1.165, 1.54) is 0 Å². The monoisotopic (exact) mass is 423 g/mol. The second kappa shape index (κ2) is 8.83. The van der Waals surface area contributed by atoms with Gasteiger partial charge in [-0.15, -0.1) is 0 Å². The molecule has 0 saturated carbocycles. The number of piperidine rings is 1. The summed E-state index contributed by atoms with van der Waals surface area (Å²) in [4.78, 5) is 30.4. The smallest absolute Gasteiger partial charge is 0.242 e. The summed E-state index contributed by atoms with van der Waals surface area (Å²) >= 11 is 0. The van der Waals surface area contributed by atoms with Crippen LogP contribution >= 0.6 is 0 Å². The summed E-state index contributed by atoms with van der Waals surface area (Å²) in [7, 11) is 0. The topological polar surface area (TPSA) is 70.5 Å². The number of carbonyl (C=O) groups is 2. The normalized spacial score (nSPS) is 24.8. The van der Waals surface area contributed by atoms with E-state index in [2.05, 4.69) is 19.2 Å². The maximum atomic E-state index is 13.3. The van der Waals surface area contributed by atoms with E-state index in [-0.39, 0.29) is 30.4 Å². The van der Waals surface area contributed by atoms with Crippen molar-refractivity contribution < 1.29 is 9.59 Å². The van der Waals surface area contributed by atoms with Crippen molar-refractivity contribution in [1.29, 1.82) is 0 Å². The number of amides is 2. The molecule has 2 aromatic rings. The first kappa shape index (κ1) is 21.6. The van der Waals surface area contributed by atoms with E-state index in [4.69, 9.17) is 5.10 Å². The first-order valence-corrected chi connectivity index (χ1v) is 11.3. The molecule has 3 atom stereocenters. The number of carbonyl (C=O) groups excluding carboxylic acids is 2. The highest BCUT2D eigenvalue weighted by atomic mass is 16.2. The SMILES string of the molecule is Cc1nn(-c2ccccc2)c(C)c1[C@@H]1C(=O)NCCN1CC(=O)N1[C@H](C)CCC[C@@H]1C. The molecule has 0 radical (unpaired) electrons. The molecule has 2 saturated heterocycles. The van der Waals surface area contributed by atoms with Crippen LogP contribution in [-0.4, -0.2) is 63.1 Å². The quantitative estimate of drug-likeness (QED) is 0.821. The number of hydrogen-bond donors (Lipinski definition) is 1. The molecule has 0 aliphatic carbocycles. The van der Waals surface area contributed by atoms with Crippen LogP contribution in [0.4, 0.5) is 0 Å². The Balaban J connectivity index is 1.64. The van der Waals surface area contributed by atoms with Gasteiger partial charge in [0.25, 0.3) is 0 Å². The standard InChI is InChI=1S/C24H33N5O2/c1-16-9-8-10-17(2)28(16)21(30)15-27-14-13-25-24(31)23(27)22-18(3)26-29(19(22)4)20-11-6-5-7-12-20/h5-7,11-12,16-17,23H,8-10,13-15H2,1-4H3,(H,25,31)/t16-,17+,23-/m1/s1. The van der Waals surface area contributed by atoms with Gasteiger partial charge in [0.2, 0.25) is 11.8 Å². The molecule has 2 fully saturated rings. The average Bonchev–Trinajstić information content (AvgIpc) is 3.03. The van der Waals surface area contributed by atoms with Crippen molar-refractivity contribution in [3.05, 3.63) is 47.3 Å². The zero-order valence-electron chi connectivity index (χ0n) is 19.0. The molecule has 2 amide bonds. The fourth-order valence-corrected chi connectivity index (χ4v) is 5.24. The van der Waals surface area contributed by atoms with Crippen molar-refractivity contribution in [2.75, 3.05) is 19.6 Å². The Labute approximate surface area is 184 Å². The molecular weight excluding hydrogens is 390 g/mol. The van der Waals surface area contributed by atoms with Gasteiger partial charge in [0.15, 0.2) is 0 Å². The van der Waals surface area contributed by atoms with Crippen LogP contribution in [0.2, 0.25) is 0 Å². The summed E-state index contributed by atoms with van der Waals surface area (Å²) in [5.41, 5.74) is 3.61. The van der Waals surface area contributed by atoms with Crippen molar-refractivity contribution in [3.63, 3.8) is 0 Å². The van der Waals surface area contributed by atoms with Crippen LogP contribution in [0.25, 0.3) is 5.69 Å². The molecule has 166 valence electrons. The van der Waals surface area contributed by atoms with E-state index in [0.717, 1.165) is 41.9 Å². The lowest BCUT2D eigenvalue weighted by Crippen LogP contribution is -2.56. The number of nitrogens with zero attached hydrogens (tertiary/aromatic N) is 4. The fraction of sp³-hybridized carbons (Fsp3) is 0.542. The van der Waals surface area contributed by atoms with Gasteiger partial charge < -0.3 is 10.2 Å². The maximum absolute atomic E-state index is 13.3. The number of piperazine rings is 1. The van der Waals surface area contributed by atoms with Gasteiger partial charge in [-0.05, 0) is 59.1 Å². The molecular formula is C24H33N5O2. The van der Waals surface area contributed by atoms with Crippen LogP contribution in [0.5, 0.6) is 0 Å². The second-order valence-corrected chi connectivity index (χ2v) is 8.93. The summed E-state index contributed by atoms with van der Waals surface area (Å²) in [6, 6.07) is 9.92. The zero-order valence-corrected chi connectivity index (χ0v) is 19.0. The molecule has 2 aliphatic heterocycles. The number of para-hydroxylation sites is 1. The predicted molar refractivity (Wildman–Crippen MR) is 120 cm³/mol. The number of benzene rings is 1. The van der Waals surface area contributed by atoms with Crippen molar-refractivity contribution in [2.24, 2.45) is 0 Å². The Morgan fingerprint density at radius 3 is 2.48 bits per heavy atom. The molecule has 1 aromatic heterocycles. The molecule has 1 N–H and O–H groups in total. The van der Waals surface area contributed by atoms with Gasteiger partial charge in [0.05, 0.1) is 17.9 Å². The molecule has 0 spiro atoms. The minimum Gasteiger partial charge on any atom is -0.353 e. The van der Waals surface area contributed by atoms with Crippen molar-refractivity contribution >= 4 is 11.8 Å². The molecule has 7 nitrogen and oxygen atoms in total. The number of nitrogens with one attached hydrogen (secondary N) is 1. The molecule has 0 bridgehead atoms. The summed E-state index contributed by atoms with van der Waals surface area (Å²) in [5, 5.41) is 7.72. The van der Waals surface area contributed by atoms with E-state index in [9.17, 15) is 9.59 Å². The highest BCUT2D eigenvalue weighted by Crippen LogP contribution is 2.31. The Morgan fingerprint density at radius 1 is 1.13 bits per heavy atom. The lowest BCUT2D eigenvalue weighted by atomic mass is 9.96. The molecule has 3 heterocycles. The number of likely N-dealkylation sites (tertiary alicyclic amines) is 1. The second-order valence-electron chi connectivity index (χ2n) is 8.93. The van der Waals surface area contributed by atoms with Gasteiger partial charge >= 0.3 is 0 Å². The molecule has 2 aliphatic rings. The van der Waals surface area contributed by atoms with Gasteiger partial charge in [0, 0.05) is 36.4 Å². The third-order valence-electron chi connectivity index (χ3n) is 6.75. The van der Waals surface area contributed by atoms with Gasteiger partial charge in [-0.25, -0.2) is 4.68 Å². The summed E-state index contributed by atoms with van der Waals surface area (Å²) in [6.45, 7) is 9.66. The highest BCUT2D eigenvalue weighted by molar-refractivity contribution is 5.86. The lowest BCUT2D eigenvalue weighted by molar-refractivity contribution is -0.141. The van der Waals surface area contributed by atoms with E-state index in [1.54, 1.807) is 0 Å². The number of aromatic nitrogens is 2. The van der Waals surface area contributed by atoms with Gasteiger partial charge in [-0.2, -0.15) is 5.10 Å². The molecule has 4 rings (SSSR count). The van der Waals surface area contributed by atoms with Crippen molar-refractivity contribution in [1.82, 2.24) is 24.9 Å². The Morgan fingerprint density at radius 2 is 1.81 bits per heavy atom. The van der Waals surface area contributed by atoms with E-state index in [0.29, 0.717) is 13.1 Å². The third kappa shape index (κ3) is 4.11.